The number of hydrogen-bond donors (Lipinski definition) is 4. The van der Waals surface area contributed by atoms with Crippen LogP contribution in [0.4, 0.5) is 0 Å². The Morgan fingerprint density at radius 1 is 1.09 bits per heavy atom. The van der Waals surface area contributed by atoms with Gasteiger partial charge in [-0.15, -0.1) is 0 Å². The third-order valence-corrected chi connectivity index (χ3v) is 5.34. The van der Waals surface area contributed by atoms with Crippen molar-refractivity contribution < 1.29 is 29.0 Å². The van der Waals surface area contributed by atoms with Gasteiger partial charge in [0.25, 0.3) is 0 Å². The van der Waals surface area contributed by atoms with E-state index in [2.05, 4.69) is 15.6 Å². The Morgan fingerprint density at radius 2 is 1.83 bits per heavy atom. The second kappa shape index (κ2) is 12.5. The Balaban J connectivity index is 1.45. The molecule has 2 aromatic rings. The summed E-state index contributed by atoms with van der Waals surface area (Å²) in [6.45, 7) is 1.76. The summed E-state index contributed by atoms with van der Waals surface area (Å²) in [5.74, 6) is -1.55. The minimum absolute atomic E-state index is 0.0681. The smallest absolute Gasteiger partial charge is 0.338 e. The molecule has 1 aliphatic rings. The van der Waals surface area contributed by atoms with Gasteiger partial charge in [0.05, 0.1) is 6.61 Å². The summed E-state index contributed by atoms with van der Waals surface area (Å²) < 4.78 is 10.8. The molecule has 0 spiro atoms. The molecular formula is C25H30N4O6. The lowest BCUT2D eigenvalue weighted by Gasteiger charge is -2.23. The van der Waals surface area contributed by atoms with E-state index in [9.17, 15) is 19.5 Å². The lowest BCUT2D eigenvalue weighted by atomic mass is 9.92. The molecule has 1 amide bonds. The third-order valence-electron chi connectivity index (χ3n) is 5.34. The van der Waals surface area contributed by atoms with E-state index in [1.807, 2.05) is 6.07 Å². The summed E-state index contributed by atoms with van der Waals surface area (Å²) in [4.78, 5) is 40.5. The second-order valence-electron chi connectivity index (χ2n) is 8.17. The number of carboxylic acids is 1. The van der Waals surface area contributed by atoms with E-state index >= 15 is 0 Å². The molecule has 0 saturated heterocycles. The Kier molecular flexibility index (Phi) is 9.19. The number of ether oxygens (including phenoxy) is 2. The summed E-state index contributed by atoms with van der Waals surface area (Å²) in [6, 6.07) is 15.5. The van der Waals surface area contributed by atoms with Gasteiger partial charge in [-0.2, -0.15) is 0 Å². The molecule has 10 heteroatoms. The molecule has 1 heterocycles. The van der Waals surface area contributed by atoms with Gasteiger partial charge in [0.1, 0.15) is 12.4 Å². The van der Waals surface area contributed by atoms with E-state index < -0.39 is 17.5 Å². The quantitative estimate of drug-likeness (QED) is 0.213. The fourth-order valence-corrected chi connectivity index (χ4v) is 3.35. The number of carboxylic acid groups (broad SMARTS) is 1. The molecule has 0 aliphatic carbocycles. The van der Waals surface area contributed by atoms with Crippen molar-refractivity contribution in [2.45, 2.75) is 37.8 Å². The summed E-state index contributed by atoms with van der Waals surface area (Å²) >= 11 is 0. The first-order valence-corrected chi connectivity index (χ1v) is 11.4. The van der Waals surface area contributed by atoms with Crippen LogP contribution in [0.25, 0.3) is 0 Å². The molecule has 5 N–H and O–H groups in total. The standard InChI is InChI=1S/C25H30N4O6/c26-25(22(31)32,23(33)35-17-19-6-2-1-3-7-19)16-18-9-11-20(12-10-18)34-15-4-8-21(30)29-24-27-13-5-14-28-24/h1-3,6-7,9-12H,4-5,8,13-17,26H2,(H,31,32)(H2,27,28,29,30)/t25-/m0/s1. The zero-order valence-corrected chi connectivity index (χ0v) is 19.4. The highest BCUT2D eigenvalue weighted by atomic mass is 16.5. The molecule has 0 bridgehead atoms. The normalized spacial score (nSPS) is 14.6. The molecule has 0 fully saturated rings. The van der Waals surface area contributed by atoms with Gasteiger partial charge in [-0.05, 0) is 36.1 Å². The maximum atomic E-state index is 12.5. The van der Waals surface area contributed by atoms with E-state index in [1.165, 1.54) is 0 Å². The predicted octanol–water partition coefficient (Wildman–Crippen LogP) is 1.38. The SMILES string of the molecule is N[C@@](Cc1ccc(OCCCC(=O)NC2=NCCCN2)cc1)(C(=O)O)C(=O)OCc1ccccc1. The fourth-order valence-electron chi connectivity index (χ4n) is 3.35. The number of aliphatic imine (C=N–C) groups is 1. The zero-order chi connectivity index (χ0) is 25.1. The van der Waals surface area contributed by atoms with E-state index in [0.717, 1.165) is 18.5 Å². The van der Waals surface area contributed by atoms with Crippen molar-refractivity contribution in [2.75, 3.05) is 19.7 Å². The molecule has 1 atom stereocenters. The zero-order valence-electron chi connectivity index (χ0n) is 19.4. The van der Waals surface area contributed by atoms with Crippen LogP contribution in [0.3, 0.4) is 0 Å². The van der Waals surface area contributed by atoms with Crippen LogP contribution in [0, 0.1) is 0 Å². The minimum Gasteiger partial charge on any atom is -0.494 e. The van der Waals surface area contributed by atoms with Crippen LogP contribution in [-0.2, 0) is 32.1 Å². The molecular weight excluding hydrogens is 452 g/mol. The van der Waals surface area contributed by atoms with E-state index in [-0.39, 0.29) is 25.4 Å². The Labute approximate surface area is 203 Å². The van der Waals surface area contributed by atoms with Crippen molar-refractivity contribution in [2.24, 2.45) is 10.7 Å². The Bertz CT molecular complexity index is 1040. The fraction of sp³-hybridized carbons (Fsp3) is 0.360. The first-order valence-electron chi connectivity index (χ1n) is 11.4. The number of nitrogens with one attached hydrogen (secondary N) is 2. The van der Waals surface area contributed by atoms with E-state index in [4.69, 9.17) is 15.2 Å². The molecule has 0 aromatic heterocycles. The van der Waals surface area contributed by atoms with Crippen LogP contribution in [0.2, 0.25) is 0 Å². The van der Waals surface area contributed by atoms with Gasteiger partial charge in [0.15, 0.2) is 5.96 Å². The number of nitrogens with two attached hydrogens (primary N) is 1. The molecule has 2 aromatic carbocycles. The highest BCUT2D eigenvalue weighted by molar-refractivity contribution is 6.04. The molecule has 0 saturated carbocycles. The van der Waals surface area contributed by atoms with Crippen LogP contribution < -0.4 is 21.1 Å². The lowest BCUT2D eigenvalue weighted by Crippen LogP contribution is -2.57. The topological polar surface area (TPSA) is 152 Å². The maximum Gasteiger partial charge on any atom is 0.338 e. The third kappa shape index (κ3) is 7.82. The van der Waals surface area contributed by atoms with Gasteiger partial charge in [0, 0.05) is 25.9 Å². The number of carbonyl (C=O) groups is 3. The molecule has 1 aliphatic heterocycles. The van der Waals surface area contributed by atoms with Crippen LogP contribution in [-0.4, -0.2) is 54.1 Å². The van der Waals surface area contributed by atoms with Crippen molar-refractivity contribution in [3.63, 3.8) is 0 Å². The van der Waals surface area contributed by atoms with E-state index in [0.29, 0.717) is 36.8 Å². The van der Waals surface area contributed by atoms with Crippen molar-refractivity contribution in [1.29, 1.82) is 0 Å². The van der Waals surface area contributed by atoms with Gasteiger partial charge in [-0.25, -0.2) is 9.59 Å². The first-order chi connectivity index (χ1) is 16.9. The van der Waals surface area contributed by atoms with Crippen molar-refractivity contribution in [3.05, 3.63) is 65.7 Å². The maximum absolute atomic E-state index is 12.5. The summed E-state index contributed by atoms with van der Waals surface area (Å²) in [5.41, 5.74) is 5.01. The highest BCUT2D eigenvalue weighted by Crippen LogP contribution is 2.19. The first kappa shape index (κ1) is 25.7. The average Bonchev–Trinajstić information content (AvgIpc) is 2.87. The predicted molar refractivity (Wildman–Crippen MR) is 129 cm³/mol. The largest absolute Gasteiger partial charge is 0.494 e. The lowest BCUT2D eigenvalue weighted by molar-refractivity contribution is -0.162. The monoisotopic (exact) mass is 482 g/mol. The number of esters is 1. The molecule has 3 rings (SSSR count). The number of amides is 1. The number of carbonyl (C=O) groups excluding carboxylic acids is 2. The summed E-state index contributed by atoms with van der Waals surface area (Å²) in [5, 5.41) is 15.4. The number of guanidine groups is 1. The van der Waals surface area contributed by atoms with Crippen molar-refractivity contribution >= 4 is 23.8 Å². The molecule has 0 unspecified atom stereocenters. The molecule has 0 radical (unpaired) electrons. The molecule has 186 valence electrons. The number of hydrogen-bond acceptors (Lipinski definition) is 8. The van der Waals surface area contributed by atoms with Gasteiger partial charge >= 0.3 is 11.9 Å². The van der Waals surface area contributed by atoms with Gasteiger partial charge in [-0.3, -0.25) is 15.1 Å². The minimum atomic E-state index is -2.22. The van der Waals surface area contributed by atoms with Crippen LogP contribution >= 0.6 is 0 Å². The number of benzene rings is 2. The van der Waals surface area contributed by atoms with Crippen LogP contribution in [0.15, 0.2) is 59.6 Å². The Morgan fingerprint density at radius 3 is 2.49 bits per heavy atom. The molecule has 35 heavy (non-hydrogen) atoms. The van der Waals surface area contributed by atoms with Crippen molar-refractivity contribution in [1.82, 2.24) is 10.6 Å². The Hall–Kier alpha value is -3.92. The summed E-state index contributed by atoms with van der Waals surface area (Å²) in [7, 11) is 0. The molecule has 10 nitrogen and oxygen atoms in total. The number of nitrogens with zero attached hydrogens (tertiary/aromatic N) is 1. The van der Waals surface area contributed by atoms with Crippen LogP contribution in [0.5, 0.6) is 5.75 Å². The number of aliphatic carboxylic acids is 1. The van der Waals surface area contributed by atoms with Gasteiger partial charge in [0.2, 0.25) is 11.4 Å². The summed E-state index contributed by atoms with van der Waals surface area (Å²) in [6.07, 6.45) is 1.51. The van der Waals surface area contributed by atoms with Gasteiger partial charge < -0.3 is 25.6 Å². The number of rotatable bonds is 11. The highest BCUT2D eigenvalue weighted by Gasteiger charge is 2.44. The second-order valence-corrected chi connectivity index (χ2v) is 8.17. The van der Waals surface area contributed by atoms with Crippen molar-refractivity contribution in [3.8, 4) is 5.75 Å². The average molecular weight is 483 g/mol. The van der Waals surface area contributed by atoms with E-state index in [1.54, 1.807) is 48.5 Å². The van der Waals surface area contributed by atoms with Gasteiger partial charge in [-0.1, -0.05) is 42.5 Å². The van der Waals surface area contributed by atoms with Crippen LogP contribution in [0.1, 0.15) is 30.4 Å².